The maximum absolute atomic E-state index is 12.3. The van der Waals surface area contributed by atoms with Crippen LogP contribution < -0.4 is 11.1 Å². The van der Waals surface area contributed by atoms with Crippen molar-refractivity contribution in [2.24, 2.45) is 17.1 Å². The molecule has 1 rings (SSSR count). The van der Waals surface area contributed by atoms with Gasteiger partial charge in [0.15, 0.2) is 0 Å². The molecule has 1 saturated carbocycles. The zero-order chi connectivity index (χ0) is 14.5. The van der Waals surface area contributed by atoms with Gasteiger partial charge in [-0.05, 0) is 44.9 Å². The van der Waals surface area contributed by atoms with Gasteiger partial charge in [-0.15, -0.1) is 0 Å². The zero-order valence-corrected chi connectivity index (χ0v) is 13.3. The molecule has 1 fully saturated rings. The Labute approximate surface area is 122 Å². The molecule has 0 spiro atoms. The highest BCUT2D eigenvalue weighted by molar-refractivity contribution is 7.80. The number of carbonyl (C=O) groups is 1. The van der Waals surface area contributed by atoms with Crippen molar-refractivity contribution in [3.8, 4) is 0 Å². The van der Waals surface area contributed by atoms with Gasteiger partial charge in [-0.25, -0.2) is 0 Å². The fraction of sp³-hybridized carbons (Fsp3) is 0.867. The molecular weight excluding hydrogens is 256 g/mol. The van der Waals surface area contributed by atoms with Crippen LogP contribution in [0.1, 0.15) is 65.7 Å². The molecule has 0 heterocycles. The summed E-state index contributed by atoms with van der Waals surface area (Å²) in [4.78, 5) is 12.6. The highest BCUT2D eigenvalue weighted by Gasteiger charge is 2.36. The van der Waals surface area contributed by atoms with Crippen LogP contribution in [0.2, 0.25) is 0 Å². The van der Waals surface area contributed by atoms with Gasteiger partial charge in [-0.3, -0.25) is 4.79 Å². The molecule has 3 nitrogen and oxygen atoms in total. The first-order chi connectivity index (χ1) is 8.93. The second-order valence-corrected chi connectivity index (χ2v) is 6.47. The average Bonchev–Trinajstić information content (AvgIpc) is 2.40. The van der Waals surface area contributed by atoms with Crippen molar-refractivity contribution in [3.05, 3.63) is 0 Å². The molecule has 110 valence electrons. The quantitative estimate of drug-likeness (QED) is 0.737. The summed E-state index contributed by atoms with van der Waals surface area (Å²) in [6.45, 7) is 6.03. The second kappa shape index (κ2) is 7.22. The highest BCUT2D eigenvalue weighted by Crippen LogP contribution is 2.29. The van der Waals surface area contributed by atoms with Crippen LogP contribution in [0.5, 0.6) is 0 Å². The van der Waals surface area contributed by atoms with Crippen molar-refractivity contribution in [2.75, 3.05) is 0 Å². The van der Waals surface area contributed by atoms with E-state index in [0.717, 1.165) is 18.8 Å². The Bertz CT molecular complexity index is 324. The minimum atomic E-state index is -0.699. The zero-order valence-electron chi connectivity index (χ0n) is 12.5. The molecule has 1 unspecified atom stereocenters. The largest absolute Gasteiger partial charge is 0.392 e. The van der Waals surface area contributed by atoms with E-state index in [-0.39, 0.29) is 5.91 Å². The van der Waals surface area contributed by atoms with E-state index in [1.165, 1.54) is 25.7 Å². The SMILES string of the molecule is CCCC1CCC(NC(=O)C(C)(CC)C(N)=S)CC1. The van der Waals surface area contributed by atoms with Crippen molar-refractivity contribution in [2.45, 2.75) is 71.8 Å². The summed E-state index contributed by atoms with van der Waals surface area (Å²) in [6, 6.07) is 0.306. The van der Waals surface area contributed by atoms with E-state index in [0.29, 0.717) is 17.5 Å². The molecule has 0 aromatic rings. The lowest BCUT2D eigenvalue weighted by Gasteiger charge is -2.33. The number of hydrogen-bond donors (Lipinski definition) is 2. The van der Waals surface area contributed by atoms with Crippen LogP contribution in [0.4, 0.5) is 0 Å². The molecular formula is C15H28N2OS. The van der Waals surface area contributed by atoms with Crippen molar-refractivity contribution in [1.82, 2.24) is 5.32 Å². The minimum Gasteiger partial charge on any atom is -0.392 e. The predicted octanol–water partition coefficient (Wildman–Crippen LogP) is 3.16. The highest BCUT2D eigenvalue weighted by atomic mass is 32.1. The van der Waals surface area contributed by atoms with Gasteiger partial charge in [-0.1, -0.05) is 38.9 Å². The molecule has 1 aliphatic rings. The van der Waals surface area contributed by atoms with E-state index in [2.05, 4.69) is 12.2 Å². The van der Waals surface area contributed by atoms with Gasteiger partial charge < -0.3 is 11.1 Å². The summed E-state index contributed by atoms with van der Waals surface area (Å²) in [5, 5.41) is 3.15. The average molecular weight is 284 g/mol. The lowest BCUT2D eigenvalue weighted by Crippen LogP contribution is -2.50. The molecule has 4 heteroatoms. The van der Waals surface area contributed by atoms with E-state index in [9.17, 15) is 4.79 Å². The fourth-order valence-corrected chi connectivity index (χ4v) is 3.03. The van der Waals surface area contributed by atoms with Crippen molar-refractivity contribution >= 4 is 23.1 Å². The second-order valence-electron chi connectivity index (χ2n) is 6.03. The van der Waals surface area contributed by atoms with Crippen LogP contribution in [-0.2, 0) is 4.79 Å². The van der Waals surface area contributed by atoms with Crippen LogP contribution in [0, 0.1) is 11.3 Å². The first kappa shape index (κ1) is 16.4. The summed E-state index contributed by atoms with van der Waals surface area (Å²) >= 11 is 5.04. The maximum atomic E-state index is 12.3. The number of carbonyl (C=O) groups excluding carboxylic acids is 1. The molecule has 0 radical (unpaired) electrons. The normalized spacial score (nSPS) is 26.5. The smallest absolute Gasteiger partial charge is 0.232 e. The van der Waals surface area contributed by atoms with Crippen LogP contribution in [0.25, 0.3) is 0 Å². The third kappa shape index (κ3) is 4.16. The third-order valence-corrected chi connectivity index (χ3v) is 5.08. The number of hydrogen-bond acceptors (Lipinski definition) is 2. The number of nitrogens with two attached hydrogens (primary N) is 1. The van der Waals surface area contributed by atoms with Gasteiger partial charge in [-0.2, -0.15) is 0 Å². The molecule has 1 aliphatic carbocycles. The predicted molar refractivity (Wildman–Crippen MR) is 84.0 cm³/mol. The molecule has 3 N–H and O–H groups in total. The Morgan fingerprint density at radius 3 is 2.32 bits per heavy atom. The lowest BCUT2D eigenvalue weighted by atomic mass is 9.82. The Hall–Kier alpha value is -0.640. The van der Waals surface area contributed by atoms with Crippen LogP contribution in [0.15, 0.2) is 0 Å². The Kier molecular flexibility index (Phi) is 6.24. The molecule has 0 bridgehead atoms. The van der Waals surface area contributed by atoms with Gasteiger partial charge in [0, 0.05) is 6.04 Å². The van der Waals surface area contributed by atoms with E-state index < -0.39 is 5.41 Å². The molecule has 1 atom stereocenters. The van der Waals surface area contributed by atoms with Gasteiger partial charge >= 0.3 is 0 Å². The van der Waals surface area contributed by atoms with Crippen LogP contribution in [0.3, 0.4) is 0 Å². The monoisotopic (exact) mass is 284 g/mol. The molecule has 0 aliphatic heterocycles. The molecule has 0 saturated heterocycles. The van der Waals surface area contributed by atoms with Crippen molar-refractivity contribution in [3.63, 3.8) is 0 Å². The Morgan fingerprint density at radius 2 is 1.89 bits per heavy atom. The van der Waals surface area contributed by atoms with Crippen LogP contribution >= 0.6 is 12.2 Å². The van der Waals surface area contributed by atoms with Gasteiger partial charge in [0.25, 0.3) is 0 Å². The Morgan fingerprint density at radius 1 is 1.32 bits per heavy atom. The van der Waals surface area contributed by atoms with E-state index in [4.69, 9.17) is 18.0 Å². The summed E-state index contributed by atoms with van der Waals surface area (Å²) in [5.74, 6) is 0.854. The van der Waals surface area contributed by atoms with E-state index in [1.807, 2.05) is 13.8 Å². The molecule has 19 heavy (non-hydrogen) atoms. The minimum absolute atomic E-state index is 0.00133. The summed E-state index contributed by atoms with van der Waals surface area (Å²) in [5.41, 5.74) is 5.02. The number of nitrogens with one attached hydrogen (secondary N) is 1. The van der Waals surface area contributed by atoms with Gasteiger partial charge in [0.1, 0.15) is 0 Å². The van der Waals surface area contributed by atoms with E-state index >= 15 is 0 Å². The van der Waals surface area contributed by atoms with Gasteiger partial charge in [0.05, 0.1) is 10.4 Å². The fourth-order valence-electron chi connectivity index (χ4n) is 2.80. The Balaban J connectivity index is 2.48. The number of thiocarbonyl (C=S) groups is 1. The third-order valence-electron chi connectivity index (χ3n) is 4.63. The van der Waals surface area contributed by atoms with Crippen molar-refractivity contribution < 1.29 is 4.79 Å². The summed E-state index contributed by atoms with van der Waals surface area (Å²) in [6.07, 6.45) is 7.88. The topological polar surface area (TPSA) is 55.1 Å². The number of amides is 1. The standard InChI is InChI=1S/C15H28N2OS/c1-4-6-11-7-9-12(10-8-11)17-14(18)15(3,5-2)13(16)19/h11-12H,4-10H2,1-3H3,(H2,16,19)(H,17,18). The van der Waals surface area contributed by atoms with E-state index in [1.54, 1.807) is 0 Å². The molecule has 0 aromatic carbocycles. The van der Waals surface area contributed by atoms with Gasteiger partial charge in [0.2, 0.25) is 5.91 Å². The van der Waals surface area contributed by atoms with Crippen molar-refractivity contribution in [1.29, 1.82) is 0 Å². The lowest BCUT2D eigenvalue weighted by molar-refractivity contribution is -0.128. The first-order valence-corrected chi connectivity index (χ1v) is 7.95. The molecule has 0 aromatic heterocycles. The maximum Gasteiger partial charge on any atom is 0.232 e. The summed E-state index contributed by atoms with van der Waals surface area (Å²) < 4.78 is 0. The number of rotatable bonds is 6. The van der Waals surface area contributed by atoms with Crippen LogP contribution in [-0.4, -0.2) is 16.9 Å². The first-order valence-electron chi connectivity index (χ1n) is 7.54. The molecule has 1 amide bonds. The summed E-state index contributed by atoms with van der Waals surface area (Å²) in [7, 11) is 0.